The number of nitrogens with one attached hydrogen (secondary N) is 1. The largest absolute Gasteiger partial charge is 0.360 e. The predicted molar refractivity (Wildman–Crippen MR) is 74.4 cm³/mol. The molecule has 0 unspecified atom stereocenters. The summed E-state index contributed by atoms with van der Waals surface area (Å²) in [7, 11) is 0. The molecular formula is C13H17N3O2S. The minimum absolute atomic E-state index is 0.0744. The highest BCUT2D eigenvalue weighted by atomic mass is 32.1. The smallest absolute Gasteiger partial charge is 0.226 e. The van der Waals surface area contributed by atoms with E-state index in [1.807, 2.05) is 0 Å². The van der Waals surface area contributed by atoms with E-state index in [1.165, 1.54) is 0 Å². The minimum atomic E-state index is -0.0744. The van der Waals surface area contributed by atoms with Crippen LogP contribution in [0.5, 0.6) is 0 Å². The topological polar surface area (TPSA) is 68.0 Å². The van der Waals surface area contributed by atoms with Crippen LogP contribution in [0, 0.1) is 6.92 Å². The van der Waals surface area contributed by atoms with Gasteiger partial charge in [0.15, 0.2) is 5.82 Å². The van der Waals surface area contributed by atoms with Gasteiger partial charge in [-0.25, -0.2) is 4.98 Å². The predicted octanol–water partition coefficient (Wildman–Crippen LogP) is 3.13. The van der Waals surface area contributed by atoms with Gasteiger partial charge in [0.05, 0.1) is 10.7 Å². The summed E-state index contributed by atoms with van der Waals surface area (Å²) in [5.74, 6) is 1.49. The SMILES string of the molecule is Cc1cc(NC(=O)CCc2nc(C(C)C)cs2)no1. The fourth-order valence-electron chi connectivity index (χ4n) is 1.56. The van der Waals surface area contributed by atoms with Gasteiger partial charge in [-0.05, 0) is 12.8 Å². The lowest BCUT2D eigenvalue weighted by molar-refractivity contribution is -0.116. The Balaban J connectivity index is 1.82. The second kappa shape index (κ2) is 5.97. The van der Waals surface area contributed by atoms with Gasteiger partial charge in [0.25, 0.3) is 0 Å². The number of aromatic nitrogens is 2. The molecule has 0 bridgehead atoms. The Bertz CT molecular complexity index is 560. The highest BCUT2D eigenvalue weighted by Gasteiger charge is 2.09. The van der Waals surface area contributed by atoms with Crippen molar-refractivity contribution in [1.29, 1.82) is 0 Å². The number of carbonyl (C=O) groups is 1. The number of hydrogen-bond donors (Lipinski definition) is 1. The van der Waals surface area contributed by atoms with Gasteiger partial charge in [-0.3, -0.25) is 4.79 Å². The molecular weight excluding hydrogens is 262 g/mol. The zero-order valence-corrected chi connectivity index (χ0v) is 12.1. The maximum atomic E-state index is 11.7. The van der Waals surface area contributed by atoms with Crippen LogP contribution in [-0.4, -0.2) is 16.0 Å². The van der Waals surface area contributed by atoms with Crippen molar-refractivity contribution < 1.29 is 9.32 Å². The number of aryl methyl sites for hydroxylation is 2. The highest BCUT2D eigenvalue weighted by molar-refractivity contribution is 7.09. The minimum Gasteiger partial charge on any atom is -0.360 e. The van der Waals surface area contributed by atoms with E-state index in [0.29, 0.717) is 30.3 Å². The fraction of sp³-hybridized carbons (Fsp3) is 0.462. The van der Waals surface area contributed by atoms with Gasteiger partial charge in [0.2, 0.25) is 5.91 Å². The van der Waals surface area contributed by atoms with Crippen LogP contribution >= 0.6 is 11.3 Å². The normalized spacial score (nSPS) is 10.9. The van der Waals surface area contributed by atoms with Gasteiger partial charge in [-0.2, -0.15) is 0 Å². The number of hydrogen-bond acceptors (Lipinski definition) is 5. The molecule has 2 aromatic heterocycles. The Morgan fingerprint density at radius 3 is 2.89 bits per heavy atom. The Kier molecular flexibility index (Phi) is 4.31. The Morgan fingerprint density at radius 1 is 1.53 bits per heavy atom. The van der Waals surface area contributed by atoms with Crippen molar-refractivity contribution in [3.8, 4) is 0 Å². The molecule has 0 saturated heterocycles. The molecule has 6 heteroatoms. The van der Waals surface area contributed by atoms with E-state index >= 15 is 0 Å². The Labute approximate surface area is 116 Å². The lowest BCUT2D eigenvalue weighted by atomic mass is 10.2. The monoisotopic (exact) mass is 279 g/mol. The molecule has 1 amide bonds. The maximum absolute atomic E-state index is 11.7. The molecule has 0 aliphatic carbocycles. The van der Waals surface area contributed by atoms with Gasteiger partial charge in [0, 0.05) is 24.3 Å². The van der Waals surface area contributed by atoms with Crippen molar-refractivity contribution in [3.05, 3.63) is 27.9 Å². The van der Waals surface area contributed by atoms with Crippen LogP contribution in [0.4, 0.5) is 5.82 Å². The summed E-state index contributed by atoms with van der Waals surface area (Å²) in [5, 5.41) is 9.46. The molecule has 5 nitrogen and oxygen atoms in total. The summed E-state index contributed by atoms with van der Waals surface area (Å²) >= 11 is 1.61. The maximum Gasteiger partial charge on any atom is 0.226 e. The molecule has 0 aliphatic heterocycles. The first kappa shape index (κ1) is 13.7. The Morgan fingerprint density at radius 2 is 2.32 bits per heavy atom. The van der Waals surface area contributed by atoms with E-state index in [-0.39, 0.29) is 5.91 Å². The average molecular weight is 279 g/mol. The van der Waals surface area contributed by atoms with E-state index in [1.54, 1.807) is 24.3 Å². The van der Waals surface area contributed by atoms with E-state index in [0.717, 1.165) is 10.7 Å². The molecule has 2 aromatic rings. The van der Waals surface area contributed by atoms with Gasteiger partial charge in [0.1, 0.15) is 5.76 Å². The van der Waals surface area contributed by atoms with E-state index in [9.17, 15) is 4.79 Å². The summed E-state index contributed by atoms with van der Waals surface area (Å²) in [4.78, 5) is 16.2. The molecule has 0 radical (unpaired) electrons. The average Bonchev–Trinajstić information content (AvgIpc) is 2.96. The highest BCUT2D eigenvalue weighted by Crippen LogP contribution is 2.19. The van der Waals surface area contributed by atoms with Gasteiger partial charge >= 0.3 is 0 Å². The van der Waals surface area contributed by atoms with Crippen LogP contribution in [-0.2, 0) is 11.2 Å². The summed E-state index contributed by atoms with van der Waals surface area (Å²) in [6, 6.07) is 1.69. The number of carbonyl (C=O) groups excluding carboxylic acids is 1. The lowest BCUT2D eigenvalue weighted by Crippen LogP contribution is -2.12. The molecule has 19 heavy (non-hydrogen) atoms. The second-order valence-electron chi connectivity index (χ2n) is 4.69. The number of thiazole rings is 1. The molecule has 0 saturated carbocycles. The van der Waals surface area contributed by atoms with Crippen LogP contribution in [0.15, 0.2) is 16.0 Å². The zero-order chi connectivity index (χ0) is 13.8. The van der Waals surface area contributed by atoms with E-state index in [2.05, 4.69) is 34.7 Å². The third-order valence-corrected chi connectivity index (χ3v) is 3.55. The number of anilines is 1. The van der Waals surface area contributed by atoms with Crippen molar-refractivity contribution in [2.24, 2.45) is 0 Å². The third kappa shape index (κ3) is 3.89. The molecule has 0 spiro atoms. The molecule has 102 valence electrons. The first-order chi connectivity index (χ1) is 9.04. The molecule has 2 heterocycles. The Hall–Kier alpha value is -1.69. The van der Waals surface area contributed by atoms with Gasteiger partial charge in [-0.1, -0.05) is 19.0 Å². The first-order valence-electron chi connectivity index (χ1n) is 6.22. The van der Waals surface area contributed by atoms with Crippen molar-refractivity contribution >= 4 is 23.1 Å². The summed E-state index contributed by atoms with van der Waals surface area (Å²) < 4.78 is 4.88. The molecule has 0 aliphatic rings. The van der Waals surface area contributed by atoms with Crippen molar-refractivity contribution in [3.63, 3.8) is 0 Å². The standard InChI is InChI=1S/C13H17N3O2S/c1-8(2)10-7-19-13(14-10)5-4-12(17)15-11-6-9(3)18-16-11/h6-8H,4-5H2,1-3H3,(H,15,16,17). The summed E-state index contributed by atoms with van der Waals surface area (Å²) in [6.07, 6.45) is 1.05. The molecule has 0 aromatic carbocycles. The first-order valence-corrected chi connectivity index (χ1v) is 7.10. The molecule has 0 fully saturated rings. The van der Waals surface area contributed by atoms with Gasteiger partial charge < -0.3 is 9.84 Å². The van der Waals surface area contributed by atoms with E-state index in [4.69, 9.17) is 4.52 Å². The number of amides is 1. The molecule has 0 atom stereocenters. The third-order valence-electron chi connectivity index (χ3n) is 2.62. The van der Waals surface area contributed by atoms with Crippen molar-refractivity contribution in [2.45, 2.75) is 39.5 Å². The number of rotatable bonds is 5. The molecule has 1 N–H and O–H groups in total. The lowest BCUT2D eigenvalue weighted by Gasteiger charge is -2.00. The zero-order valence-electron chi connectivity index (χ0n) is 11.3. The quantitative estimate of drug-likeness (QED) is 0.913. The van der Waals surface area contributed by atoms with Crippen LogP contribution in [0.25, 0.3) is 0 Å². The van der Waals surface area contributed by atoms with Crippen LogP contribution < -0.4 is 5.32 Å². The van der Waals surface area contributed by atoms with Gasteiger partial charge in [-0.15, -0.1) is 11.3 Å². The second-order valence-corrected chi connectivity index (χ2v) is 5.63. The summed E-state index contributed by atoms with van der Waals surface area (Å²) in [6.45, 7) is 6.00. The van der Waals surface area contributed by atoms with Crippen molar-refractivity contribution in [1.82, 2.24) is 10.1 Å². The van der Waals surface area contributed by atoms with Crippen LogP contribution in [0.1, 0.15) is 42.6 Å². The molecule has 2 rings (SSSR count). The van der Waals surface area contributed by atoms with Crippen LogP contribution in [0.3, 0.4) is 0 Å². The fourth-order valence-corrected chi connectivity index (χ4v) is 2.52. The van der Waals surface area contributed by atoms with E-state index < -0.39 is 0 Å². The van der Waals surface area contributed by atoms with Crippen molar-refractivity contribution in [2.75, 3.05) is 5.32 Å². The van der Waals surface area contributed by atoms with Crippen LogP contribution in [0.2, 0.25) is 0 Å². The number of nitrogens with zero attached hydrogens (tertiary/aromatic N) is 2. The summed E-state index contributed by atoms with van der Waals surface area (Å²) in [5.41, 5.74) is 1.09.